The van der Waals surface area contributed by atoms with Crippen molar-refractivity contribution in [1.82, 2.24) is 19.5 Å². The van der Waals surface area contributed by atoms with Crippen molar-refractivity contribution in [3.63, 3.8) is 0 Å². The molecule has 1 fully saturated rings. The summed E-state index contributed by atoms with van der Waals surface area (Å²) < 4.78 is 2.12. The molecular weight excluding hydrogens is 164 g/mol. The standard InChI is InChI=1S/C9H10N4/c1-2-7(1)4-13-6-12-8-3-10-5-11-9(8)13/h3,5-7H,1-2,4H2. The quantitative estimate of drug-likeness (QED) is 0.687. The molecule has 0 unspecified atom stereocenters. The molecule has 2 aromatic rings. The van der Waals surface area contributed by atoms with Crippen LogP contribution in [0.2, 0.25) is 0 Å². The summed E-state index contributed by atoms with van der Waals surface area (Å²) in [6.45, 7) is 1.06. The molecule has 0 amide bonds. The van der Waals surface area contributed by atoms with Gasteiger partial charge in [-0.25, -0.2) is 15.0 Å². The van der Waals surface area contributed by atoms with Gasteiger partial charge in [-0.1, -0.05) is 0 Å². The first kappa shape index (κ1) is 7.00. The van der Waals surface area contributed by atoms with Gasteiger partial charge in [-0.15, -0.1) is 0 Å². The number of aromatic nitrogens is 4. The number of hydrogen-bond donors (Lipinski definition) is 0. The van der Waals surface area contributed by atoms with Gasteiger partial charge in [0.2, 0.25) is 0 Å². The number of fused-ring (bicyclic) bond motifs is 1. The first-order valence-corrected chi connectivity index (χ1v) is 4.54. The van der Waals surface area contributed by atoms with E-state index < -0.39 is 0 Å². The molecule has 3 rings (SSSR count). The molecule has 0 bridgehead atoms. The normalized spacial score (nSPS) is 16.6. The van der Waals surface area contributed by atoms with Crippen LogP contribution >= 0.6 is 0 Å². The van der Waals surface area contributed by atoms with Crippen LogP contribution in [0.3, 0.4) is 0 Å². The molecule has 4 heteroatoms. The van der Waals surface area contributed by atoms with Crippen LogP contribution in [0.15, 0.2) is 18.9 Å². The zero-order valence-corrected chi connectivity index (χ0v) is 7.22. The first-order chi connectivity index (χ1) is 6.43. The largest absolute Gasteiger partial charge is 0.315 e. The van der Waals surface area contributed by atoms with Crippen molar-refractivity contribution in [3.8, 4) is 0 Å². The van der Waals surface area contributed by atoms with Crippen LogP contribution in [0.25, 0.3) is 11.2 Å². The zero-order valence-electron chi connectivity index (χ0n) is 7.22. The molecule has 2 heterocycles. The fourth-order valence-corrected chi connectivity index (χ4v) is 1.53. The summed E-state index contributed by atoms with van der Waals surface area (Å²) >= 11 is 0. The topological polar surface area (TPSA) is 43.6 Å². The summed E-state index contributed by atoms with van der Waals surface area (Å²) in [5.74, 6) is 0.854. The SMILES string of the molecule is c1ncc2ncn(CC3CC3)c2n1. The first-order valence-electron chi connectivity index (χ1n) is 4.54. The lowest BCUT2D eigenvalue weighted by Gasteiger charge is -1.99. The van der Waals surface area contributed by atoms with E-state index >= 15 is 0 Å². The van der Waals surface area contributed by atoms with Crippen LogP contribution < -0.4 is 0 Å². The number of imidazole rings is 1. The minimum Gasteiger partial charge on any atom is -0.315 e. The highest BCUT2D eigenvalue weighted by molar-refractivity contribution is 5.68. The Balaban J connectivity index is 2.06. The lowest BCUT2D eigenvalue weighted by Crippen LogP contribution is -1.98. The molecule has 13 heavy (non-hydrogen) atoms. The van der Waals surface area contributed by atoms with E-state index in [1.807, 2.05) is 6.33 Å². The summed E-state index contributed by atoms with van der Waals surface area (Å²) in [6.07, 6.45) is 7.90. The van der Waals surface area contributed by atoms with Crippen LogP contribution in [-0.2, 0) is 6.54 Å². The molecular formula is C9H10N4. The second-order valence-electron chi connectivity index (χ2n) is 3.57. The van der Waals surface area contributed by atoms with E-state index in [1.165, 1.54) is 12.8 Å². The maximum atomic E-state index is 4.24. The number of nitrogens with zero attached hydrogens (tertiary/aromatic N) is 4. The van der Waals surface area contributed by atoms with Crippen molar-refractivity contribution in [2.75, 3.05) is 0 Å². The van der Waals surface area contributed by atoms with Gasteiger partial charge in [0.15, 0.2) is 5.65 Å². The van der Waals surface area contributed by atoms with Crippen molar-refractivity contribution >= 4 is 11.2 Å². The van der Waals surface area contributed by atoms with E-state index in [0.29, 0.717) is 0 Å². The smallest absolute Gasteiger partial charge is 0.163 e. The average Bonchev–Trinajstić information content (AvgIpc) is 2.88. The highest BCUT2D eigenvalue weighted by atomic mass is 15.1. The molecule has 1 aliphatic carbocycles. The van der Waals surface area contributed by atoms with Crippen molar-refractivity contribution < 1.29 is 0 Å². The van der Waals surface area contributed by atoms with Crippen molar-refractivity contribution in [2.45, 2.75) is 19.4 Å². The Hall–Kier alpha value is -1.45. The minimum absolute atomic E-state index is 0.854. The number of hydrogen-bond acceptors (Lipinski definition) is 3. The maximum absolute atomic E-state index is 4.24. The van der Waals surface area contributed by atoms with Gasteiger partial charge in [0.25, 0.3) is 0 Å². The minimum atomic E-state index is 0.854. The van der Waals surface area contributed by atoms with Gasteiger partial charge in [0.1, 0.15) is 11.8 Å². The Bertz CT molecular complexity index is 430. The highest BCUT2D eigenvalue weighted by Crippen LogP contribution is 2.31. The molecule has 0 spiro atoms. The van der Waals surface area contributed by atoms with E-state index in [-0.39, 0.29) is 0 Å². The third-order valence-electron chi connectivity index (χ3n) is 2.43. The summed E-state index contributed by atoms with van der Waals surface area (Å²) in [6, 6.07) is 0. The van der Waals surface area contributed by atoms with Gasteiger partial charge in [0.05, 0.1) is 12.5 Å². The van der Waals surface area contributed by atoms with Gasteiger partial charge in [-0.2, -0.15) is 0 Å². The Labute approximate surface area is 75.6 Å². The average molecular weight is 174 g/mol. The van der Waals surface area contributed by atoms with E-state index in [2.05, 4.69) is 19.5 Å². The molecule has 0 N–H and O–H groups in total. The van der Waals surface area contributed by atoms with Crippen molar-refractivity contribution in [2.24, 2.45) is 5.92 Å². The lowest BCUT2D eigenvalue weighted by molar-refractivity contribution is 0.638. The molecule has 2 aromatic heterocycles. The van der Waals surface area contributed by atoms with Crippen LogP contribution in [0.4, 0.5) is 0 Å². The molecule has 0 atom stereocenters. The summed E-state index contributed by atoms with van der Waals surface area (Å²) in [5.41, 5.74) is 1.85. The molecule has 0 aliphatic heterocycles. The molecule has 66 valence electrons. The maximum Gasteiger partial charge on any atom is 0.163 e. The van der Waals surface area contributed by atoms with Gasteiger partial charge < -0.3 is 4.57 Å². The monoisotopic (exact) mass is 174 g/mol. The Morgan fingerprint density at radius 3 is 3.15 bits per heavy atom. The van der Waals surface area contributed by atoms with Gasteiger partial charge in [0, 0.05) is 6.54 Å². The summed E-state index contributed by atoms with van der Waals surface area (Å²) in [5, 5.41) is 0. The third-order valence-corrected chi connectivity index (χ3v) is 2.43. The zero-order chi connectivity index (χ0) is 8.67. The van der Waals surface area contributed by atoms with Gasteiger partial charge >= 0.3 is 0 Å². The third kappa shape index (κ3) is 1.18. The molecule has 0 aromatic carbocycles. The van der Waals surface area contributed by atoms with Crippen molar-refractivity contribution in [3.05, 3.63) is 18.9 Å². The molecule has 0 saturated heterocycles. The van der Waals surface area contributed by atoms with Crippen molar-refractivity contribution in [1.29, 1.82) is 0 Å². The molecule has 4 nitrogen and oxygen atoms in total. The molecule has 1 saturated carbocycles. The molecule has 1 aliphatic rings. The van der Waals surface area contributed by atoms with E-state index in [1.54, 1.807) is 12.5 Å². The predicted molar refractivity (Wildman–Crippen MR) is 48.0 cm³/mol. The van der Waals surface area contributed by atoms with E-state index in [0.717, 1.165) is 23.6 Å². The van der Waals surface area contributed by atoms with Crippen LogP contribution in [0.5, 0.6) is 0 Å². The number of rotatable bonds is 2. The fraction of sp³-hybridized carbons (Fsp3) is 0.444. The van der Waals surface area contributed by atoms with Gasteiger partial charge in [-0.3, -0.25) is 0 Å². The fourth-order valence-electron chi connectivity index (χ4n) is 1.53. The van der Waals surface area contributed by atoms with Crippen LogP contribution in [-0.4, -0.2) is 19.5 Å². The summed E-state index contributed by atoms with van der Waals surface area (Å²) in [4.78, 5) is 12.4. The summed E-state index contributed by atoms with van der Waals surface area (Å²) in [7, 11) is 0. The van der Waals surface area contributed by atoms with E-state index in [4.69, 9.17) is 0 Å². The Morgan fingerprint density at radius 2 is 2.31 bits per heavy atom. The lowest BCUT2D eigenvalue weighted by atomic mass is 10.4. The highest BCUT2D eigenvalue weighted by Gasteiger charge is 2.22. The Morgan fingerprint density at radius 1 is 1.38 bits per heavy atom. The van der Waals surface area contributed by atoms with E-state index in [9.17, 15) is 0 Å². The second kappa shape index (κ2) is 2.52. The second-order valence-corrected chi connectivity index (χ2v) is 3.57. The van der Waals surface area contributed by atoms with Gasteiger partial charge in [-0.05, 0) is 18.8 Å². The van der Waals surface area contributed by atoms with Crippen LogP contribution in [0, 0.1) is 5.92 Å². The predicted octanol–water partition coefficient (Wildman–Crippen LogP) is 1.24. The Kier molecular flexibility index (Phi) is 1.36. The van der Waals surface area contributed by atoms with Crippen LogP contribution in [0.1, 0.15) is 12.8 Å². The molecule has 0 radical (unpaired) electrons.